The molecule has 0 aromatic carbocycles. The zero-order valence-electron chi connectivity index (χ0n) is 14.1. The molecule has 1 aromatic rings. The highest BCUT2D eigenvalue weighted by atomic mass is 35.5. The Hall–Kier alpha value is -0.190. The molecule has 0 saturated heterocycles. The maximum atomic E-state index is 6.47. The number of nitrogens with one attached hydrogen (secondary N) is 1. The quantitative estimate of drug-likeness (QED) is 0.704. The lowest BCUT2D eigenvalue weighted by atomic mass is 10.1. The van der Waals surface area contributed by atoms with Crippen LogP contribution in [-0.4, -0.2) is 33.9 Å². The first-order chi connectivity index (χ1) is 9.99. The molecule has 21 heavy (non-hydrogen) atoms. The summed E-state index contributed by atoms with van der Waals surface area (Å²) in [6, 6.07) is 0.464. The summed E-state index contributed by atoms with van der Waals surface area (Å²) in [6.45, 7) is 9.91. The van der Waals surface area contributed by atoms with Crippen LogP contribution in [0.5, 0.6) is 0 Å². The fourth-order valence-corrected chi connectivity index (χ4v) is 3.76. The van der Waals surface area contributed by atoms with Gasteiger partial charge in [-0.15, -0.1) is 0 Å². The topological polar surface area (TPSA) is 29.9 Å². The molecule has 0 radical (unpaired) electrons. The molecule has 0 amide bonds. The monoisotopic (exact) mass is 331 g/mol. The van der Waals surface area contributed by atoms with Gasteiger partial charge in [0.15, 0.2) is 0 Å². The third-order valence-electron chi connectivity index (χ3n) is 3.40. The highest BCUT2D eigenvalue weighted by molar-refractivity contribution is 7.99. The summed E-state index contributed by atoms with van der Waals surface area (Å²) >= 11 is 8.50. The molecule has 1 unspecified atom stereocenters. The van der Waals surface area contributed by atoms with Gasteiger partial charge in [0, 0.05) is 25.3 Å². The van der Waals surface area contributed by atoms with Gasteiger partial charge in [-0.2, -0.15) is 16.9 Å². The largest absolute Gasteiger partial charge is 0.313 e. The molecule has 1 N–H and O–H groups in total. The maximum Gasteiger partial charge on any atom is 0.0850 e. The Kier molecular flexibility index (Phi) is 8.76. The Morgan fingerprint density at radius 3 is 2.52 bits per heavy atom. The lowest BCUT2D eigenvalue weighted by Gasteiger charge is -2.19. The van der Waals surface area contributed by atoms with Gasteiger partial charge in [0.1, 0.15) is 0 Å². The average molecular weight is 332 g/mol. The number of aromatic nitrogens is 2. The Bertz CT molecular complexity index is 418. The molecule has 1 aromatic heterocycles. The fourth-order valence-electron chi connectivity index (χ4n) is 2.26. The molecule has 0 aliphatic rings. The Labute approximate surface area is 139 Å². The third-order valence-corrected chi connectivity index (χ3v) is 5.37. The van der Waals surface area contributed by atoms with Crippen molar-refractivity contribution in [1.82, 2.24) is 15.1 Å². The van der Waals surface area contributed by atoms with Gasteiger partial charge in [0.2, 0.25) is 0 Å². The van der Waals surface area contributed by atoms with Crippen LogP contribution >= 0.6 is 23.4 Å². The van der Waals surface area contributed by atoms with E-state index >= 15 is 0 Å². The highest BCUT2D eigenvalue weighted by Crippen LogP contribution is 2.23. The Balaban J connectivity index is 2.68. The molecule has 0 aliphatic carbocycles. The van der Waals surface area contributed by atoms with E-state index in [0.717, 1.165) is 53.9 Å². The van der Waals surface area contributed by atoms with E-state index in [9.17, 15) is 0 Å². The molecule has 1 rings (SSSR count). The van der Waals surface area contributed by atoms with Crippen LogP contribution in [0.25, 0.3) is 0 Å². The second-order valence-corrected chi connectivity index (χ2v) is 7.42. The summed E-state index contributed by atoms with van der Waals surface area (Å²) < 4.78 is 1.95. The van der Waals surface area contributed by atoms with E-state index in [4.69, 9.17) is 11.6 Å². The van der Waals surface area contributed by atoms with Crippen molar-refractivity contribution in [2.45, 2.75) is 53.0 Å². The van der Waals surface area contributed by atoms with Crippen molar-refractivity contribution < 1.29 is 0 Å². The number of aryl methyl sites for hydroxylation is 2. The molecule has 3 nitrogen and oxygen atoms in total. The molecule has 122 valence electrons. The van der Waals surface area contributed by atoms with Gasteiger partial charge >= 0.3 is 0 Å². The minimum atomic E-state index is 0.464. The van der Waals surface area contributed by atoms with E-state index in [1.165, 1.54) is 5.75 Å². The zero-order chi connectivity index (χ0) is 15.8. The molecule has 0 fully saturated rings. The molecule has 0 saturated carbocycles. The fraction of sp³-hybridized carbons (Fsp3) is 0.812. The minimum Gasteiger partial charge on any atom is -0.313 e. The number of hydrogen-bond donors (Lipinski definition) is 1. The number of hydrogen-bond acceptors (Lipinski definition) is 3. The van der Waals surface area contributed by atoms with E-state index in [0.29, 0.717) is 6.04 Å². The summed E-state index contributed by atoms with van der Waals surface area (Å²) in [6.07, 6.45) is 3.00. The van der Waals surface area contributed by atoms with Crippen LogP contribution in [0.4, 0.5) is 0 Å². The first-order valence-corrected chi connectivity index (χ1v) is 9.54. The van der Waals surface area contributed by atoms with Gasteiger partial charge in [-0.3, -0.25) is 4.68 Å². The normalized spacial score (nSPS) is 13.1. The van der Waals surface area contributed by atoms with Gasteiger partial charge in [0.25, 0.3) is 0 Å². The molecule has 0 bridgehead atoms. The number of rotatable bonds is 10. The third kappa shape index (κ3) is 6.21. The molecular formula is C16H30ClN3S. The highest BCUT2D eigenvalue weighted by Gasteiger charge is 2.18. The molecule has 1 heterocycles. The number of thioether (sulfide) groups is 1. The van der Waals surface area contributed by atoms with Crippen molar-refractivity contribution in [3.8, 4) is 0 Å². The average Bonchev–Trinajstić information content (AvgIpc) is 2.71. The van der Waals surface area contributed by atoms with E-state index in [-0.39, 0.29) is 0 Å². The van der Waals surface area contributed by atoms with Crippen molar-refractivity contribution in [2.24, 2.45) is 13.0 Å². The van der Waals surface area contributed by atoms with Crippen LogP contribution in [0.2, 0.25) is 5.02 Å². The van der Waals surface area contributed by atoms with Crippen molar-refractivity contribution in [3.05, 3.63) is 16.4 Å². The van der Waals surface area contributed by atoms with Crippen molar-refractivity contribution in [2.75, 3.05) is 18.1 Å². The summed E-state index contributed by atoms with van der Waals surface area (Å²) in [5.41, 5.74) is 2.17. The van der Waals surface area contributed by atoms with Crippen molar-refractivity contribution in [3.63, 3.8) is 0 Å². The van der Waals surface area contributed by atoms with Gasteiger partial charge in [-0.25, -0.2) is 0 Å². The maximum absolute atomic E-state index is 6.47. The van der Waals surface area contributed by atoms with E-state index < -0.39 is 0 Å². The number of nitrogens with zero attached hydrogens (tertiary/aromatic N) is 2. The van der Waals surface area contributed by atoms with Crippen molar-refractivity contribution >= 4 is 23.4 Å². The van der Waals surface area contributed by atoms with Gasteiger partial charge in [0.05, 0.1) is 16.4 Å². The molecule has 0 aliphatic heterocycles. The second-order valence-electron chi connectivity index (χ2n) is 5.97. The smallest absolute Gasteiger partial charge is 0.0850 e. The molecule has 1 atom stereocenters. The molecule has 0 spiro atoms. The van der Waals surface area contributed by atoms with Crippen LogP contribution in [-0.2, 0) is 19.9 Å². The Morgan fingerprint density at radius 1 is 1.29 bits per heavy atom. The van der Waals surface area contributed by atoms with Crippen LogP contribution in [0.15, 0.2) is 0 Å². The summed E-state index contributed by atoms with van der Waals surface area (Å²) in [5.74, 6) is 3.08. The number of halogens is 1. The first kappa shape index (κ1) is 18.9. The lowest BCUT2D eigenvalue weighted by molar-refractivity contribution is 0.531. The van der Waals surface area contributed by atoms with Crippen molar-refractivity contribution in [1.29, 1.82) is 0 Å². The summed E-state index contributed by atoms with van der Waals surface area (Å²) in [4.78, 5) is 0. The SMILES string of the molecule is CCCNC(CSCC(C)C)Cc1c(Cl)c(CC)nn1C. The molecule has 5 heteroatoms. The Morgan fingerprint density at radius 2 is 2.00 bits per heavy atom. The van der Waals surface area contributed by atoms with Crippen LogP contribution in [0.3, 0.4) is 0 Å². The lowest BCUT2D eigenvalue weighted by Crippen LogP contribution is -2.35. The predicted molar refractivity (Wildman–Crippen MR) is 95.5 cm³/mol. The minimum absolute atomic E-state index is 0.464. The van der Waals surface area contributed by atoms with Gasteiger partial charge in [-0.05, 0) is 31.1 Å². The summed E-state index contributed by atoms with van der Waals surface area (Å²) in [7, 11) is 2.00. The van der Waals surface area contributed by atoms with Crippen LogP contribution in [0, 0.1) is 5.92 Å². The van der Waals surface area contributed by atoms with Gasteiger partial charge in [-0.1, -0.05) is 39.3 Å². The predicted octanol–water partition coefficient (Wildman–Crippen LogP) is 3.94. The van der Waals surface area contributed by atoms with Gasteiger partial charge < -0.3 is 5.32 Å². The second kappa shape index (κ2) is 9.75. The molecular weight excluding hydrogens is 302 g/mol. The van der Waals surface area contributed by atoms with Crippen LogP contribution < -0.4 is 5.32 Å². The standard InChI is InChI=1S/C16H30ClN3S/c1-6-8-18-13(11-21-10-12(3)4)9-15-16(17)14(7-2)19-20(15)5/h12-13,18H,6-11H2,1-5H3. The first-order valence-electron chi connectivity index (χ1n) is 8.00. The zero-order valence-corrected chi connectivity index (χ0v) is 15.7. The summed E-state index contributed by atoms with van der Waals surface area (Å²) in [5, 5.41) is 9.03. The van der Waals surface area contributed by atoms with E-state index in [1.807, 2.05) is 23.5 Å². The van der Waals surface area contributed by atoms with E-state index in [1.54, 1.807) is 0 Å². The van der Waals surface area contributed by atoms with Crippen LogP contribution in [0.1, 0.15) is 45.5 Å². The van der Waals surface area contributed by atoms with E-state index in [2.05, 4.69) is 38.1 Å².